The van der Waals surface area contributed by atoms with Crippen molar-refractivity contribution >= 4 is 39.0 Å². The number of amides is 2. The molecular formula is C19H23N3O5S2. The summed E-state index contributed by atoms with van der Waals surface area (Å²) >= 11 is 1.18. The van der Waals surface area contributed by atoms with Crippen LogP contribution in [-0.4, -0.2) is 51.1 Å². The highest BCUT2D eigenvalue weighted by Gasteiger charge is 2.27. The number of nitrogens with zero attached hydrogens (tertiary/aromatic N) is 1. The van der Waals surface area contributed by atoms with Gasteiger partial charge in [0.15, 0.2) is 0 Å². The van der Waals surface area contributed by atoms with Crippen LogP contribution < -0.4 is 10.0 Å². The predicted molar refractivity (Wildman–Crippen MR) is 111 cm³/mol. The van der Waals surface area contributed by atoms with Gasteiger partial charge < -0.3 is 9.64 Å². The summed E-state index contributed by atoms with van der Waals surface area (Å²) in [5, 5.41) is 4.30. The molecule has 2 N–H and O–H groups in total. The lowest BCUT2D eigenvalue weighted by atomic mass is 10.0. The second kappa shape index (κ2) is 9.38. The Bertz CT molecular complexity index is 935. The van der Waals surface area contributed by atoms with Crippen molar-refractivity contribution in [2.75, 3.05) is 25.0 Å². The number of ether oxygens (including phenoxy) is 1. The minimum Gasteiger partial charge on any atom is -0.450 e. The first kappa shape index (κ1) is 21.3. The van der Waals surface area contributed by atoms with E-state index in [-0.39, 0.29) is 18.6 Å². The van der Waals surface area contributed by atoms with Crippen molar-refractivity contribution in [1.29, 1.82) is 0 Å². The molecule has 29 heavy (non-hydrogen) atoms. The van der Waals surface area contributed by atoms with Crippen molar-refractivity contribution < 1.29 is 22.7 Å². The number of rotatable bonds is 6. The number of benzene rings is 1. The molecule has 1 aliphatic rings. The molecule has 3 rings (SSSR count). The summed E-state index contributed by atoms with van der Waals surface area (Å²) in [5.41, 5.74) is 1.05. The lowest BCUT2D eigenvalue weighted by Gasteiger charge is -2.32. The largest absolute Gasteiger partial charge is 0.450 e. The fraction of sp³-hybridized carbons (Fsp3) is 0.368. The van der Waals surface area contributed by atoms with E-state index >= 15 is 0 Å². The second-order valence-electron chi connectivity index (χ2n) is 6.54. The lowest BCUT2D eigenvalue weighted by Crippen LogP contribution is -2.46. The van der Waals surface area contributed by atoms with E-state index in [9.17, 15) is 18.0 Å². The molecular weight excluding hydrogens is 414 g/mol. The smallest absolute Gasteiger partial charge is 0.411 e. The number of nitrogens with one attached hydrogen (secondary N) is 2. The van der Waals surface area contributed by atoms with Gasteiger partial charge in [0.1, 0.15) is 4.21 Å². The van der Waals surface area contributed by atoms with Gasteiger partial charge in [-0.1, -0.05) is 6.07 Å². The van der Waals surface area contributed by atoms with Crippen LogP contribution in [0.5, 0.6) is 0 Å². The molecule has 1 aliphatic heterocycles. The number of anilines is 1. The molecule has 2 amide bonds. The van der Waals surface area contributed by atoms with Gasteiger partial charge >= 0.3 is 6.09 Å². The average Bonchev–Trinajstić information content (AvgIpc) is 3.24. The van der Waals surface area contributed by atoms with Gasteiger partial charge in [-0.2, -0.15) is 0 Å². The molecule has 0 radical (unpaired) electrons. The van der Waals surface area contributed by atoms with Gasteiger partial charge in [-0.05, 0) is 55.5 Å². The Hall–Kier alpha value is -2.43. The Morgan fingerprint density at radius 3 is 2.45 bits per heavy atom. The van der Waals surface area contributed by atoms with Gasteiger partial charge in [0.2, 0.25) is 10.0 Å². The fourth-order valence-electron chi connectivity index (χ4n) is 3.06. The standard InChI is InChI=1S/C19H23N3O5S2/c1-2-27-19(24)20-15-7-5-14(6-8-15)18(23)22-11-9-16(10-12-22)21-29(25,26)17-4-3-13-28-17/h3-8,13,16,21H,2,9-12H2,1H3,(H,20,24). The molecule has 1 aromatic carbocycles. The third-order valence-electron chi connectivity index (χ3n) is 4.52. The molecule has 1 aromatic heterocycles. The number of sulfonamides is 1. The number of hydrogen-bond donors (Lipinski definition) is 2. The van der Waals surface area contributed by atoms with E-state index in [1.54, 1.807) is 53.6 Å². The van der Waals surface area contributed by atoms with Crippen molar-refractivity contribution in [3.63, 3.8) is 0 Å². The van der Waals surface area contributed by atoms with Crippen molar-refractivity contribution in [3.05, 3.63) is 47.3 Å². The second-order valence-corrected chi connectivity index (χ2v) is 9.43. The molecule has 2 aromatic rings. The van der Waals surface area contributed by atoms with Crippen LogP contribution in [0.4, 0.5) is 10.5 Å². The SMILES string of the molecule is CCOC(=O)Nc1ccc(C(=O)N2CCC(NS(=O)(=O)c3cccs3)CC2)cc1. The Morgan fingerprint density at radius 1 is 1.17 bits per heavy atom. The zero-order valence-electron chi connectivity index (χ0n) is 16.0. The minimum atomic E-state index is -3.51. The highest BCUT2D eigenvalue weighted by Crippen LogP contribution is 2.20. The molecule has 0 unspecified atom stereocenters. The number of carbonyl (C=O) groups excluding carboxylic acids is 2. The first-order chi connectivity index (χ1) is 13.9. The average molecular weight is 438 g/mol. The topological polar surface area (TPSA) is 105 Å². The van der Waals surface area contributed by atoms with Gasteiger partial charge in [-0.15, -0.1) is 11.3 Å². The van der Waals surface area contributed by atoms with Gasteiger partial charge in [0.05, 0.1) is 6.61 Å². The summed E-state index contributed by atoms with van der Waals surface area (Å²) in [6.07, 6.45) is 0.566. The van der Waals surface area contributed by atoms with E-state index in [0.717, 1.165) is 0 Å². The van der Waals surface area contributed by atoms with E-state index in [0.29, 0.717) is 41.4 Å². The third kappa shape index (κ3) is 5.55. The first-order valence-corrected chi connectivity index (χ1v) is 11.6. The maximum absolute atomic E-state index is 12.7. The van der Waals surface area contributed by atoms with Crippen LogP contribution in [0.2, 0.25) is 0 Å². The number of hydrogen-bond acceptors (Lipinski definition) is 6. The Kier molecular flexibility index (Phi) is 6.88. The number of carbonyl (C=O) groups is 2. The molecule has 0 spiro atoms. The van der Waals surface area contributed by atoms with Crippen molar-refractivity contribution in [3.8, 4) is 0 Å². The molecule has 0 aliphatic carbocycles. The highest BCUT2D eigenvalue weighted by atomic mass is 32.2. The number of piperidine rings is 1. The Labute approximate surface area is 173 Å². The van der Waals surface area contributed by atoms with Crippen molar-refractivity contribution in [1.82, 2.24) is 9.62 Å². The van der Waals surface area contributed by atoms with E-state index in [4.69, 9.17) is 4.74 Å². The molecule has 156 valence electrons. The molecule has 0 atom stereocenters. The van der Waals surface area contributed by atoms with Crippen molar-refractivity contribution in [2.45, 2.75) is 30.0 Å². The normalized spacial score (nSPS) is 15.1. The van der Waals surface area contributed by atoms with Crippen LogP contribution in [0.1, 0.15) is 30.1 Å². The summed E-state index contributed by atoms with van der Waals surface area (Å²) in [5.74, 6) is -0.118. The molecule has 8 nitrogen and oxygen atoms in total. The Morgan fingerprint density at radius 2 is 1.86 bits per heavy atom. The number of thiophene rings is 1. The summed E-state index contributed by atoms with van der Waals surface area (Å²) in [7, 11) is -3.51. The highest BCUT2D eigenvalue weighted by molar-refractivity contribution is 7.91. The predicted octanol–water partition coefficient (Wildman–Crippen LogP) is 2.90. The van der Waals surface area contributed by atoms with Crippen LogP contribution >= 0.6 is 11.3 Å². The first-order valence-electron chi connectivity index (χ1n) is 9.28. The third-order valence-corrected chi connectivity index (χ3v) is 7.44. The minimum absolute atomic E-state index is 0.118. The molecule has 1 fully saturated rings. The number of likely N-dealkylation sites (tertiary alicyclic amines) is 1. The fourth-order valence-corrected chi connectivity index (χ4v) is 5.37. The molecule has 0 saturated carbocycles. The van der Waals surface area contributed by atoms with Crippen LogP contribution in [-0.2, 0) is 14.8 Å². The van der Waals surface area contributed by atoms with Crippen LogP contribution in [0.15, 0.2) is 46.0 Å². The lowest BCUT2D eigenvalue weighted by molar-refractivity contribution is 0.0711. The summed E-state index contributed by atoms with van der Waals surface area (Å²) in [6.45, 7) is 2.94. The van der Waals surface area contributed by atoms with E-state index in [2.05, 4.69) is 10.0 Å². The zero-order chi connectivity index (χ0) is 20.9. The van der Waals surface area contributed by atoms with Crippen molar-refractivity contribution in [2.24, 2.45) is 0 Å². The maximum atomic E-state index is 12.7. The van der Waals surface area contributed by atoms with Crippen LogP contribution in [0.25, 0.3) is 0 Å². The Balaban J connectivity index is 1.53. The molecule has 10 heteroatoms. The quantitative estimate of drug-likeness (QED) is 0.723. The summed E-state index contributed by atoms with van der Waals surface area (Å²) in [4.78, 5) is 25.8. The maximum Gasteiger partial charge on any atom is 0.411 e. The van der Waals surface area contributed by atoms with Gasteiger partial charge in [0.25, 0.3) is 5.91 Å². The monoisotopic (exact) mass is 437 g/mol. The van der Waals surface area contributed by atoms with E-state index in [1.807, 2.05) is 0 Å². The van der Waals surface area contributed by atoms with Crippen LogP contribution in [0.3, 0.4) is 0 Å². The zero-order valence-corrected chi connectivity index (χ0v) is 17.6. The summed E-state index contributed by atoms with van der Waals surface area (Å²) < 4.78 is 32.5. The van der Waals surface area contributed by atoms with Gasteiger partial charge in [0, 0.05) is 30.4 Å². The van der Waals surface area contributed by atoms with Gasteiger partial charge in [-0.3, -0.25) is 10.1 Å². The van der Waals surface area contributed by atoms with Crippen LogP contribution in [0, 0.1) is 0 Å². The van der Waals surface area contributed by atoms with E-state index < -0.39 is 16.1 Å². The molecule has 2 heterocycles. The molecule has 0 bridgehead atoms. The van der Waals surface area contributed by atoms with Gasteiger partial charge in [-0.25, -0.2) is 17.9 Å². The van der Waals surface area contributed by atoms with E-state index in [1.165, 1.54) is 11.3 Å². The summed E-state index contributed by atoms with van der Waals surface area (Å²) in [6, 6.07) is 9.67. The molecule has 1 saturated heterocycles.